The van der Waals surface area contributed by atoms with Crippen molar-refractivity contribution < 1.29 is 0 Å². The largest absolute Gasteiger partial charge is 0.317 e. The molecule has 1 aromatic heterocycles. The maximum Gasteiger partial charge on any atom is 0.0705 e. The molecule has 2 rings (SSSR count). The Morgan fingerprint density at radius 1 is 1.00 bits per heavy atom. The van der Waals surface area contributed by atoms with E-state index in [4.69, 9.17) is 0 Å². The van der Waals surface area contributed by atoms with E-state index < -0.39 is 0 Å². The molecule has 1 heterocycles. The van der Waals surface area contributed by atoms with Gasteiger partial charge in [0.2, 0.25) is 0 Å². The Balaban J connectivity index is 1.81. The van der Waals surface area contributed by atoms with E-state index in [9.17, 15) is 0 Å². The van der Waals surface area contributed by atoms with Crippen molar-refractivity contribution in [1.82, 2.24) is 10.3 Å². The van der Waals surface area contributed by atoms with Gasteiger partial charge in [0.15, 0.2) is 0 Å². The molecule has 96 valence electrons. The molecule has 2 nitrogen and oxygen atoms in total. The number of benzene rings is 1. The van der Waals surface area contributed by atoms with Gasteiger partial charge in [0, 0.05) is 11.1 Å². The average Bonchev–Trinajstić information content (AvgIpc) is 2.42. The molecule has 2 aromatic rings. The van der Waals surface area contributed by atoms with Gasteiger partial charge in [-0.1, -0.05) is 31.2 Å². The Kier molecular flexibility index (Phi) is 5.15. The topological polar surface area (TPSA) is 24.9 Å². The summed E-state index contributed by atoms with van der Waals surface area (Å²) in [5, 5.41) is 4.66. The molecule has 0 unspecified atom stereocenters. The quantitative estimate of drug-likeness (QED) is 0.751. The summed E-state index contributed by atoms with van der Waals surface area (Å²) in [7, 11) is 0. The maximum absolute atomic E-state index is 4.69. The Bertz CT molecular complexity index is 479. The van der Waals surface area contributed by atoms with E-state index in [1.54, 1.807) is 0 Å². The minimum atomic E-state index is 1.08. The third-order valence-corrected chi connectivity index (χ3v) is 3.12. The highest BCUT2D eigenvalue weighted by atomic mass is 14.8. The van der Waals surface area contributed by atoms with Crippen molar-refractivity contribution in [1.29, 1.82) is 0 Å². The van der Waals surface area contributed by atoms with Crippen LogP contribution in [0, 0.1) is 0 Å². The van der Waals surface area contributed by atoms with Crippen LogP contribution in [0.4, 0.5) is 0 Å². The molecule has 0 amide bonds. The molecule has 0 saturated heterocycles. The smallest absolute Gasteiger partial charge is 0.0705 e. The highest BCUT2D eigenvalue weighted by Gasteiger charge is 1.98. The molecule has 0 atom stereocenters. The Hall–Kier alpha value is -1.41. The van der Waals surface area contributed by atoms with E-state index in [-0.39, 0.29) is 0 Å². The average molecular weight is 242 g/mol. The number of unbranched alkanes of at least 4 members (excludes halogenated alkanes) is 1. The van der Waals surface area contributed by atoms with Crippen LogP contribution in [0.3, 0.4) is 0 Å². The van der Waals surface area contributed by atoms with Gasteiger partial charge in [-0.25, -0.2) is 0 Å². The first kappa shape index (κ1) is 13.0. The van der Waals surface area contributed by atoms with Crippen molar-refractivity contribution in [3.63, 3.8) is 0 Å². The minimum Gasteiger partial charge on any atom is -0.317 e. The van der Waals surface area contributed by atoms with Crippen LogP contribution in [0.15, 0.2) is 36.4 Å². The summed E-state index contributed by atoms with van der Waals surface area (Å²) in [5.74, 6) is 0. The minimum absolute atomic E-state index is 1.08. The summed E-state index contributed by atoms with van der Waals surface area (Å²) in [5.41, 5.74) is 2.32. The van der Waals surface area contributed by atoms with Crippen LogP contribution in [-0.2, 0) is 6.42 Å². The summed E-state index contributed by atoms with van der Waals surface area (Å²) >= 11 is 0. The monoisotopic (exact) mass is 242 g/mol. The molecule has 0 aliphatic carbocycles. The third kappa shape index (κ3) is 3.81. The Labute approximate surface area is 109 Å². The molecule has 18 heavy (non-hydrogen) atoms. The lowest BCUT2D eigenvalue weighted by Gasteiger charge is -2.04. The van der Waals surface area contributed by atoms with Crippen molar-refractivity contribution in [3.8, 4) is 0 Å². The van der Waals surface area contributed by atoms with Gasteiger partial charge >= 0.3 is 0 Å². The van der Waals surface area contributed by atoms with Crippen LogP contribution < -0.4 is 5.32 Å². The lowest BCUT2D eigenvalue weighted by molar-refractivity contribution is 0.614. The fraction of sp³-hybridized carbons (Fsp3) is 0.438. The van der Waals surface area contributed by atoms with E-state index in [0.29, 0.717) is 0 Å². The van der Waals surface area contributed by atoms with Gasteiger partial charge < -0.3 is 5.32 Å². The second kappa shape index (κ2) is 7.12. The number of fused-ring (bicyclic) bond motifs is 1. The van der Waals surface area contributed by atoms with Crippen LogP contribution in [0.1, 0.15) is 31.9 Å². The highest BCUT2D eigenvalue weighted by Crippen LogP contribution is 2.12. The lowest BCUT2D eigenvalue weighted by atomic mass is 10.1. The van der Waals surface area contributed by atoms with Crippen LogP contribution in [-0.4, -0.2) is 18.1 Å². The van der Waals surface area contributed by atoms with E-state index >= 15 is 0 Å². The van der Waals surface area contributed by atoms with Gasteiger partial charge in [0.25, 0.3) is 0 Å². The van der Waals surface area contributed by atoms with Crippen LogP contribution >= 0.6 is 0 Å². The summed E-state index contributed by atoms with van der Waals surface area (Å²) in [6, 6.07) is 12.6. The summed E-state index contributed by atoms with van der Waals surface area (Å²) < 4.78 is 0. The lowest BCUT2D eigenvalue weighted by Crippen LogP contribution is -2.15. The molecule has 0 bridgehead atoms. The fourth-order valence-electron chi connectivity index (χ4n) is 2.11. The molecule has 0 fully saturated rings. The first-order valence-corrected chi connectivity index (χ1v) is 6.95. The first-order valence-electron chi connectivity index (χ1n) is 6.95. The second-order valence-electron chi connectivity index (χ2n) is 4.70. The molecule has 2 heteroatoms. The third-order valence-electron chi connectivity index (χ3n) is 3.12. The molecule has 1 aromatic carbocycles. The molecule has 0 radical (unpaired) electrons. The predicted octanol–water partition coefficient (Wildman–Crippen LogP) is 3.56. The van der Waals surface area contributed by atoms with Crippen LogP contribution in [0.5, 0.6) is 0 Å². The highest BCUT2D eigenvalue weighted by molar-refractivity contribution is 5.78. The van der Waals surface area contributed by atoms with Gasteiger partial charge in [0.1, 0.15) is 0 Å². The SMILES string of the molecule is CCCNCCCCc1ccc2ccccc2n1. The number of nitrogens with one attached hydrogen (secondary N) is 1. The second-order valence-corrected chi connectivity index (χ2v) is 4.70. The van der Waals surface area contributed by atoms with Crippen molar-refractivity contribution in [2.24, 2.45) is 0 Å². The molecule has 0 saturated carbocycles. The molecule has 0 spiro atoms. The number of para-hydroxylation sites is 1. The van der Waals surface area contributed by atoms with Gasteiger partial charge in [-0.05, 0) is 50.9 Å². The van der Waals surface area contributed by atoms with Gasteiger partial charge in [-0.15, -0.1) is 0 Å². The molecule has 1 N–H and O–H groups in total. The van der Waals surface area contributed by atoms with Gasteiger partial charge in [-0.2, -0.15) is 0 Å². The number of hydrogen-bond acceptors (Lipinski definition) is 2. The van der Waals surface area contributed by atoms with Crippen molar-refractivity contribution >= 4 is 10.9 Å². The van der Waals surface area contributed by atoms with Crippen LogP contribution in [0.25, 0.3) is 10.9 Å². The number of nitrogens with zero attached hydrogens (tertiary/aromatic N) is 1. The van der Waals surface area contributed by atoms with Gasteiger partial charge in [0.05, 0.1) is 5.52 Å². The maximum atomic E-state index is 4.69. The predicted molar refractivity (Wildman–Crippen MR) is 77.8 cm³/mol. The number of aromatic nitrogens is 1. The number of hydrogen-bond donors (Lipinski definition) is 1. The molecule has 0 aliphatic rings. The zero-order valence-corrected chi connectivity index (χ0v) is 11.2. The number of rotatable bonds is 7. The van der Waals surface area contributed by atoms with E-state index in [1.165, 1.54) is 30.3 Å². The normalized spacial score (nSPS) is 10.9. The zero-order chi connectivity index (χ0) is 12.6. The van der Waals surface area contributed by atoms with E-state index in [0.717, 1.165) is 25.0 Å². The van der Waals surface area contributed by atoms with Crippen molar-refractivity contribution in [3.05, 3.63) is 42.1 Å². The molecular formula is C16H22N2. The number of pyridine rings is 1. The first-order chi connectivity index (χ1) is 8.90. The fourth-order valence-corrected chi connectivity index (χ4v) is 2.11. The number of aryl methyl sites for hydroxylation is 1. The molecule has 0 aliphatic heterocycles. The van der Waals surface area contributed by atoms with Gasteiger partial charge in [-0.3, -0.25) is 4.98 Å². The Morgan fingerprint density at radius 2 is 1.89 bits per heavy atom. The standard InChI is InChI=1S/C16H22N2/c1-2-12-17-13-6-5-8-15-11-10-14-7-3-4-9-16(14)18-15/h3-4,7,9-11,17H,2,5-6,8,12-13H2,1H3. The summed E-state index contributed by atoms with van der Waals surface area (Å²) in [4.78, 5) is 4.69. The van der Waals surface area contributed by atoms with Crippen LogP contribution in [0.2, 0.25) is 0 Å². The van der Waals surface area contributed by atoms with E-state index in [1.807, 2.05) is 6.07 Å². The Morgan fingerprint density at radius 3 is 2.78 bits per heavy atom. The zero-order valence-electron chi connectivity index (χ0n) is 11.2. The molecular weight excluding hydrogens is 220 g/mol. The van der Waals surface area contributed by atoms with Crippen molar-refractivity contribution in [2.45, 2.75) is 32.6 Å². The summed E-state index contributed by atoms with van der Waals surface area (Å²) in [6.07, 6.45) is 4.74. The van der Waals surface area contributed by atoms with Crippen molar-refractivity contribution in [2.75, 3.05) is 13.1 Å². The van der Waals surface area contributed by atoms with E-state index in [2.05, 4.69) is 47.6 Å². The summed E-state index contributed by atoms with van der Waals surface area (Å²) in [6.45, 7) is 4.46.